The Morgan fingerprint density at radius 3 is 2.26 bits per heavy atom. The summed E-state index contributed by atoms with van der Waals surface area (Å²) in [6, 6.07) is 7.90. The molecule has 96 valence electrons. The highest BCUT2D eigenvalue weighted by Crippen LogP contribution is 2.27. The summed E-state index contributed by atoms with van der Waals surface area (Å²) in [7, 11) is 0. The Bertz CT molecular complexity index is 652. The Hall–Kier alpha value is -2.48. The van der Waals surface area contributed by atoms with E-state index in [1.165, 1.54) is 6.07 Å². The van der Waals surface area contributed by atoms with E-state index in [-0.39, 0.29) is 11.3 Å². The Morgan fingerprint density at radius 2 is 1.68 bits per heavy atom. The largest absolute Gasteiger partial charge is 0.350 e. The maximum absolute atomic E-state index is 13.5. The van der Waals surface area contributed by atoms with Gasteiger partial charge in [0.25, 0.3) is 0 Å². The molecule has 0 amide bonds. The third-order valence-electron chi connectivity index (χ3n) is 2.56. The highest BCUT2D eigenvalue weighted by atomic mass is 19.1. The molecule has 1 N–H and O–H groups in total. The van der Waals surface area contributed by atoms with Crippen LogP contribution in [0.4, 0.5) is 24.5 Å². The second kappa shape index (κ2) is 5.02. The van der Waals surface area contributed by atoms with Crippen molar-refractivity contribution in [2.45, 2.75) is 6.92 Å². The number of hydrogen-bond acceptors (Lipinski definition) is 2. The predicted molar refractivity (Wildman–Crippen MR) is 65.5 cm³/mol. The van der Waals surface area contributed by atoms with Crippen LogP contribution in [0.3, 0.4) is 0 Å². The van der Waals surface area contributed by atoms with Gasteiger partial charge in [-0.2, -0.15) is 5.26 Å². The molecule has 0 heterocycles. The molecule has 2 aromatic carbocycles. The zero-order valence-corrected chi connectivity index (χ0v) is 9.97. The molecule has 0 aliphatic heterocycles. The first-order chi connectivity index (χ1) is 9.01. The van der Waals surface area contributed by atoms with Gasteiger partial charge in [0.05, 0.1) is 11.3 Å². The first-order valence-corrected chi connectivity index (χ1v) is 5.43. The number of halogens is 3. The molecular formula is C14H9F3N2. The van der Waals surface area contributed by atoms with Gasteiger partial charge < -0.3 is 5.32 Å². The van der Waals surface area contributed by atoms with E-state index in [0.29, 0.717) is 12.1 Å². The Balaban J connectivity index is 2.48. The zero-order chi connectivity index (χ0) is 14.0. The molecule has 2 aromatic rings. The lowest BCUT2D eigenvalue weighted by atomic mass is 10.1. The lowest BCUT2D eigenvalue weighted by molar-refractivity contribution is 0.549. The average molecular weight is 262 g/mol. The van der Waals surface area contributed by atoms with Crippen LogP contribution in [0.2, 0.25) is 0 Å². The molecule has 5 heteroatoms. The minimum atomic E-state index is -1.05. The second-order valence-electron chi connectivity index (χ2n) is 4.03. The maximum Gasteiger partial charge on any atom is 0.152 e. The maximum atomic E-state index is 13.5. The van der Waals surface area contributed by atoms with Crippen LogP contribution in [0.5, 0.6) is 0 Å². The second-order valence-corrected chi connectivity index (χ2v) is 4.03. The SMILES string of the molecule is Cc1ccc(C#N)c(Nc2c(F)cc(F)cc2F)c1. The van der Waals surface area contributed by atoms with Crippen molar-refractivity contribution in [3.8, 4) is 6.07 Å². The number of anilines is 2. The molecule has 0 aliphatic carbocycles. The molecule has 0 bridgehead atoms. The van der Waals surface area contributed by atoms with Crippen molar-refractivity contribution >= 4 is 11.4 Å². The number of benzene rings is 2. The fourth-order valence-electron chi connectivity index (χ4n) is 1.66. The van der Waals surface area contributed by atoms with E-state index in [1.807, 2.05) is 6.07 Å². The fourth-order valence-corrected chi connectivity index (χ4v) is 1.66. The minimum Gasteiger partial charge on any atom is -0.350 e. The molecule has 0 fully saturated rings. The number of hydrogen-bond donors (Lipinski definition) is 1. The van der Waals surface area contributed by atoms with Crippen molar-refractivity contribution in [3.63, 3.8) is 0 Å². The average Bonchev–Trinajstić information content (AvgIpc) is 2.34. The summed E-state index contributed by atoms with van der Waals surface area (Å²) in [4.78, 5) is 0. The van der Waals surface area contributed by atoms with Crippen LogP contribution in [-0.4, -0.2) is 0 Å². The summed E-state index contributed by atoms with van der Waals surface area (Å²) in [6.07, 6.45) is 0. The Labute approximate surface area is 108 Å². The summed E-state index contributed by atoms with van der Waals surface area (Å²) >= 11 is 0. The molecule has 0 spiro atoms. The van der Waals surface area contributed by atoms with Crippen LogP contribution in [0, 0.1) is 35.7 Å². The van der Waals surface area contributed by atoms with Crippen LogP contribution < -0.4 is 5.32 Å². The number of rotatable bonds is 2. The normalized spacial score (nSPS) is 10.1. The third kappa shape index (κ3) is 2.68. The van der Waals surface area contributed by atoms with Gasteiger partial charge in [-0.1, -0.05) is 6.07 Å². The van der Waals surface area contributed by atoms with Gasteiger partial charge in [-0.3, -0.25) is 0 Å². The van der Waals surface area contributed by atoms with E-state index >= 15 is 0 Å². The van der Waals surface area contributed by atoms with Crippen LogP contribution >= 0.6 is 0 Å². The van der Waals surface area contributed by atoms with Crippen molar-refractivity contribution in [1.29, 1.82) is 5.26 Å². The van der Waals surface area contributed by atoms with Gasteiger partial charge in [0, 0.05) is 12.1 Å². The first-order valence-electron chi connectivity index (χ1n) is 5.43. The molecular weight excluding hydrogens is 253 g/mol. The number of aryl methyl sites for hydroxylation is 1. The molecule has 0 saturated heterocycles. The predicted octanol–water partition coefficient (Wildman–Crippen LogP) is 4.03. The van der Waals surface area contributed by atoms with Crippen molar-refractivity contribution in [2.75, 3.05) is 5.32 Å². The Kier molecular flexibility index (Phi) is 3.43. The van der Waals surface area contributed by atoms with Crippen LogP contribution in [0.1, 0.15) is 11.1 Å². The lowest BCUT2D eigenvalue weighted by Crippen LogP contribution is -2.00. The van der Waals surface area contributed by atoms with Crippen LogP contribution in [-0.2, 0) is 0 Å². The topological polar surface area (TPSA) is 35.8 Å². The molecule has 0 saturated carbocycles. The highest BCUT2D eigenvalue weighted by Gasteiger charge is 2.13. The van der Waals surface area contributed by atoms with Crippen LogP contribution in [0.25, 0.3) is 0 Å². The van der Waals surface area contributed by atoms with E-state index in [9.17, 15) is 13.2 Å². The minimum absolute atomic E-state index is 0.244. The monoisotopic (exact) mass is 262 g/mol. The fraction of sp³-hybridized carbons (Fsp3) is 0.0714. The van der Waals surface area contributed by atoms with Gasteiger partial charge in [0.2, 0.25) is 0 Å². The van der Waals surface area contributed by atoms with E-state index in [1.54, 1.807) is 19.1 Å². The molecule has 2 nitrogen and oxygen atoms in total. The van der Waals surface area contributed by atoms with E-state index in [2.05, 4.69) is 5.32 Å². The summed E-state index contributed by atoms with van der Waals surface area (Å²) < 4.78 is 39.8. The molecule has 0 radical (unpaired) electrons. The summed E-state index contributed by atoms with van der Waals surface area (Å²) in [6.45, 7) is 1.78. The number of nitrogens with zero attached hydrogens (tertiary/aromatic N) is 1. The van der Waals surface area contributed by atoms with E-state index < -0.39 is 23.1 Å². The lowest BCUT2D eigenvalue weighted by Gasteiger charge is -2.11. The molecule has 2 rings (SSSR count). The van der Waals surface area contributed by atoms with Crippen molar-refractivity contribution in [2.24, 2.45) is 0 Å². The molecule has 0 atom stereocenters. The zero-order valence-electron chi connectivity index (χ0n) is 9.97. The van der Waals surface area contributed by atoms with Gasteiger partial charge in [0.15, 0.2) is 11.6 Å². The van der Waals surface area contributed by atoms with E-state index in [4.69, 9.17) is 5.26 Å². The molecule has 19 heavy (non-hydrogen) atoms. The van der Waals surface area contributed by atoms with Crippen molar-refractivity contribution in [3.05, 3.63) is 58.9 Å². The molecule has 0 aliphatic rings. The standard InChI is InChI=1S/C14H9F3N2/c1-8-2-3-9(7-18)13(4-8)19-14-11(16)5-10(15)6-12(14)17/h2-6,19H,1H3. The Morgan fingerprint density at radius 1 is 1.05 bits per heavy atom. The quantitative estimate of drug-likeness (QED) is 0.887. The van der Waals surface area contributed by atoms with Gasteiger partial charge in [-0.25, -0.2) is 13.2 Å². The van der Waals surface area contributed by atoms with Gasteiger partial charge in [-0.15, -0.1) is 0 Å². The summed E-state index contributed by atoms with van der Waals surface area (Å²) in [5.74, 6) is -3.10. The van der Waals surface area contributed by atoms with Crippen molar-refractivity contribution in [1.82, 2.24) is 0 Å². The van der Waals surface area contributed by atoms with Gasteiger partial charge in [-0.05, 0) is 24.6 Å². The number of nitriles is 1. The van der Waals surface area contributed by atoms with Gasteiger partial charge >= 0.3 is 0 Å². The first kappa shape index (κ1) is 13.0. The highest BCUT2D eigenvalue weighted by molar-refractivity contribution is 5.68. The summed E-state index contributed by atoms with van der Waals surface area (Å²) in [5, 5.41) is 11.4. The number of nitrogens with one attached hydrogen (secondary N) is 1. The molecule has 0 unspecified atom stereocenters. The third-order valence-corrected chi connectivity index (χ3v) is 2.56. The van der Waals surface area contributed by atoms with E-state index in [0.717, 1.165) is 5.56 Å². The smallest absolute Gasteiger partial charge is 0.152 e. The van der Waals surface area contributed by atoms with Gasteiger partial charge in [0.1, 0.15) is 17.6 Å². The van der Waals surface area contributed by atoms with Crippen LogP contribution in [0.15, 0.2) is 30.3 Å². The summed E-state index contributed by atoms with van der Waals surface area (Å²) in [5.41, 5.74) is 0.855. The van der Waals surface area contributed by atoms with Crippen molar-refractivity contribution < 1.29 is 13.2 Å². The molecule has 0 aromatic heterocycles.